The second-order valence-electron chi connectivity index (χ2n) is 5.20. The Labute approximate surface area is 121 Å². The van der Waals surface area contributed by atoms with Gasteiger partial charge in [0.15, 0.2) is 6.61 Å². The molecule has 1 rings (SSSR count). The molecule has 1 aromatic heterocycles. The predicted octanol–water partition coefficient (Wildman–Crippen LogP) is -0.0180. The van der Waals surface area contributed by atoms with Crippen LogP contribution >= 0.6 is 0 Å². The van der Waals surface area contributed by atoms with Gasteiger partial charge in [0.2, 0.25) is 0 Å². The van der Waals surface area contributed by atoms with E-state index in [2.05, 4.69) is 24.4 Å². The third kappa shape index (κ3) is 6.02. The number of quaternary nitrogens is 1. The molecule has 0 saturated carbocycles. The molecule has 1 aromatic rings. The summed E-state index contributed by atoms with van der Waals surface area (Å²) in [7, 11) is 4.20. The molecule has 112 valence electrons. The van der Waals surface area contributed by atoms with E-state index < -0.39 is 0 Å². The van der Waals surface area contributed by atoms with Gasteiger partial charge < -0.3 is 15.0 Å². The van der Waals surface area contributed by atoms with E-state index in [9.17, 15) is 4.79 Å². The maximum Gasteiger partial charge on any atom is 0.257 e. The Morgan fingerprint density at radius 1 is 1.40 bits per heavy atom. The molecule has 0 aliphatic heterocycles. The SMILES string of the molecule is CCc1nc(C)ccc1OCC(=O)NCCC[NH+](C)C. The monoisotopic (exact) mass is 280 g/mol. The van der Waals surface area contributed by atoms with Gasteiger partial charge in [0.1, 0.15) is 5.75 Å². The van der Waals surface area contributed by atoms with E-state index in [-0.39, 0.29) is 12.5 Å². The van der Waals surface area contributed by atoms with Crippen molar-refractivity contribution >= 4 is 5.91 Å². The molecule has 1 heterocycles. The van der Waals surface area contributed by atoms with Gasteiger partial charge in [0, 0.05) is 18.7 Å². The van der Waals surface area contributed by atoms with Crippen molar-refractivity contribution in [1.29, 1.82) is 0 Å². The minimum absolute atomic E-state index is 0.0482. The zero-order chi connectivity index (χ0) is 15.0. The first kappa shape index (κ1) is 16.4. The molecule has 0 saturated heterocycles. The Morgan fingerprint density at radius 3 is 2.80 bits per heavy atom. The number of hydrogen-bond acceptors (Lipinski definition) is 3. The second-order valence-corrected chi connectivity index (χ2v) is 5.20. The fraction of sp³-hybridized carbons (Fsp3) is 0.600. The van der Waals surface area contributed by atoms with Crippen molar-refractivity contribution in [2.45, 2.75) is 26.7 Å². The molecule has 0 spiro atoms. The van der Waals surface area contributed by atoms with Crippen LogP contribution in [0.4, 0.5) is 0 Å². The summed E-state index contributed by atoms with van der Waals surface area (Å²) < 4.78 is 5.54. The molecule has 0 radical (unpaired) electrons. The average Bonchev–Trinajstić information content (AvgIpc) is 2.41. The largest absolute Gasteiger partial charge is 0.482 e. The fourth-order valence-electron chi connectivity index (χ4n) is 1.85. The number of nitrogens with one attached hydrogen (secondary N) is 2. The maximum atomic E-state index is 11.7. The van der Waals surface area contributed by atoms with Gasteiger partial charge in [0.25, 0.3) is 5.91 Å². The minimum Gasteiger partial charge on any atom is -0.482 e. The van der Waals surface area contributed by atoms with E-state index in [0.717, 1.165) is 30.8 Å². The molecule has 0 aromatic carbocycles. The van der Waals surface area contributed by atoms with Crippen molar-refractivity contribution in [2.75, 3.05) is 33.8 Å². The van der Waals surface area contributed by atoms with Crippen LogP contribution in [0.15, 0.2) is 12.1 Å². The van der Waals surface area contributed by atoms with Crippen LogP contribution in [-0.2, 0) is 11.2 Å². The van der Waals surface area contributed by atoms with Gasteiger partial charge in [-0.2, -0.15) is 0 Å². The van der Waals surface area contributed by atoms with Crippen molar-refractivity contribution < 1.29 is 14.4 Å². The highest BCUT2D eigenvalue weighted by Crippen LogP contribution is 2.17. The Balaban J connectivity index is 2.34. The molecule has 5 heteroatoms. The molecule has 2 N–H and O–H groups in total. The Bertz CT molecular complexity index is 433. The van der Waals surface area contributed by atoms with Crippen molar-refractivity contribution in [1.82, 2.24) is 10.3 Å². The van der Waals surface area contributed by atoms with E-state index in [0.29, 0.717) is 12.3 Å². The summed E-state index contributed by atoms with van der Waals surface area (Å²) in [4.78, 5) is 17.5. The van der Waals surface area contributed by atoms with Gasteiger partial charge in [-0.1, -0.05) is 6.92 Å². The van der Waals surface area contributed by atoms with Crippen LogP contribution in [0, 0.1) is 6.92 Å². The smallest absolute Gasteiger partial charge is 0.257 e. The second kappa shape index (κ2) is 8.53. The van der Waals surface area contributed by atoms with Crippen molar-refractivity contribution in [3.63, 3.8) is 0 Å². The van der Waals surface area contributed by atoms with E-state index in [1.165, 1.54) is 4.90 Å². The highest BCUT2D eigenvalue weighted by Gasteiger charge is 2.07. The number of rotatable bonds is 8. The fourth-order valence-corrected chi connectivity index (χ4v) is 1.85. The van der Waals surface area contributed by atoms with Gasteiger partial charge in [-0.05, 0) is 25.5 Å². The first-order chi connectivity index (χ1) is 9.52. The van der Waals surface area contributed by atoms with E-state index in [4.69, 9.17) is 4.74 Å². The van der Waals surface area contributed by atoms with E-state index in [1.54, 1.807) is 0 Å². The highest BCUT2D eigenvalue weighted by molar-refractivity contribution is 5.77. The van der Waals surface area contributed by atoms with Crippen LogP contribution in [0.5, 0.6) is 5.75 Å². The number of nitrogens with zero attached hydrogens (tertiary/aromatic N) is 1. The first-order valence-corrected chi connectivity index (χ1v) is 7.18. The molecule has 0 atom stereocenters. The molecule has 1 amide bonds. The predicted molar refractivity (Wildman–Crippen MR) is 79.2 cm³/mol. The Kier molecular flexibility index (Phi) is 7.01. The zero-order valence-corrected chi connectivity index (χ0v) is 13.0. The lowest BCUT2D eigenvalue weighted by Crippen LogP contribution is -3.05. The summed E-state index contributed by atoms with van der Waals surface area (Å²) in [6.07, 6.45) is 1.77. The van der Waals surface area contributed by atoms with Crippen molar-refractivity contribution in [2.24, 2.45) is 0 Å². The van der Waals surface area contributed by atoms with Crippen LogP contribution in [0.1, 0.15) is 24.7 Å². The molecule has 0 aliphatic carbocycles. The molecule has 0 aliphatic rings. The number of ether oxygens (including phenoxy) is 1. The number of carbonyl (C=O) groups is 1. The van der Waals surface area contributed by atoms with Crippen molar-refractivity contribution in [3.05, 3.63) is 23.5 Å². The van der Waals surface area contributed by atoms with E-state index >= 15 is 0 Å². The molecular weight excluding hydrogens is 254 g/mol. The third-order valence-corrected chi connectivity index (χ3v) is 2.94. The number of hydrogen-bond donors (Lipinski definition) is 2. The van der Waals surface area contributed by atoms with Gasteiger partial charge >= 0.3 is 0 Å². The molecular formula is C15H26N3O2+. The van der Waals surface area contributed by atoms with Crippen molar-refractivity contribution in [3.8, 4) is 5.75 Å². The summed E-state index contributed by atoms with van der Waals surface area (Å²) in [6, 6.07) is 3.77. The molecule has 5 nitrogen and oxygen atoms in total. The van der Waals surface area contributed by atoms with Crippen LogP contribution in [-0.4, -0.2) is 44.7 Å². The molecule has 0 bridgehead atoms. The normalized spacial score (nSPS) is 10.7. The van der Waals surface area contributed by atoms with Crippen LogP contribution < -0.4 is 15.0 Å². The first-order valence-electron chi connectivity index (χ1n) is 7.18. The van der Waals surface area contributed by atoms with Crippen LogP contribution in [0.25, 0.3) is 0 Å². The number of aryl methyl sites for hydroxylation is 2. The zero-order valence-electron chi connectivity index (χ0n) is 13.0. The van der Waals surface area contributed by atoms with Gasteiger partial charge in [-0.25, -0.2) is 0 Å². The lowest BCUT2D eigenvalue weighted by atomic mass is 10.2. The number of pyridine rings is 1. The maximum absolute atomic E-state index is 11.7. The van der Waals surface area contributed by atoms with Crippen LogP contribution in [0.3, 0.4) is 0 Å². The summed E-state index contributed by atoms with van der Waals surface area (Å²) in [5.41, 5.74) is 1.86. The summed E-state index contributed by atoms with van der Waals surface area (Å²) in [5.74, 6) is 0.618. The lowest BCUT2D eigenvalue weighted by molar-refractivity contribution is -0.858. The van der Waals surface area contributed by atoms with Gasteiger partial charge in [0.05, 0.1) is 26.3 Å². The number of amides is 1. The molecule has 0 fully saturated rings. The van der Waals surface area contributed by atoms with E-state index in [1.807, 2.05) is 26.0 Å². The number of carbonyl (C=O) groups excluding carboxylic acids is 1. The lowest BCUT2D eigenvalue weighted by Gasteiger charge is -2.11. The quantitative estimate of drug-likeness (QED) is 0.658. The van der Waals surface area contributed by atoms with Crippen LogP contribution in [0.2, 0.25) is 0 Å². The third-order valence-electron chi connectivity index (χ3n) is 2.94. The van der Waals surface area contributed by atoms with Gasteiger partial charge in [-0.15, -0.1) is 0 Å². The van der Waals surface area contributed by atoms with Gasteiger partial charge in [-0.3, -0.25) is 9.78 Å². The Morgan fingerprint density at radius 2 is 2.15 bits per heavy atom. The number of aromatic nitrogens is 1. The summed E-state index contributed by atoms with van der Waals surface area (Å²) in [5, 5.41) is 2.86. The highest BCUT2D eigenvalue weighted by atomic mass is 16.5. The Hall–Kier alpha value is -1.62. The minimum atomic E-state index is -0.0821. The average molecular weight is 280 g/mol. The standard InChI is InChI=1S/C15H25N3O2/c1-5-13-14(8-7-12(2)17-13)20-11-15(19)16-9-6-10-18(3)4/h7-8H,5-6,9-11H2,1-4H3,(H,16,19)/p+1. The summed E-state index contributed by atoms with van der Waals surface area (Å²) >= 11 is 0. The topological polar surface area (TPSA) is 55.7 Å². The summed E-state index contributed by atoms with van der Waals surface area (Å²) in [6.45, 7) is 5.76. The molecule has 0 unspecified atom stereocenters. The molecule has 20 heavy (non-hydrogen) atoms.